The third kappa shape index (κ3) is 5.45. The van der Waals surface area contributed by atoms with E-state index in [2.05, 4.69) is 0 Å². The highest BCUT2D eigenvalue weighted by Gasteiger charge is 2.19. The van der Waals surface area contributed by atoms with E-state index in [-0.39, 0.29) is 12.5 Å². The van der Waals surface area contributed by atoms with Crippen molar-refractivity contribution in [3.8, 4) is 29.1 Å². The minimum absolute atomic E-state index is 0.0722. The highest BCUT2D eigenvalue weighted by atomic mass is 32.1. The normalized spacial score (nSPS) is 12.2. The summed E-state index contributed by atoms with van der Waals surface area (Å²) in [5, 5.41) is 10.7. The van der Waals surface area contributed by atoms with Crippen LogP contribution in [0, 0.1) is 11.3 Å². The van der Waals surface area contributed by atoms with Crippen molar-refractivity contribution in [3.63, 3.8) is 0 Å². The van der Waals surface area contributed by atoms with Crippen LogP contribution in [0.3, 0.4) is 0 Å². The maximum Gasteiger partial charge on any atom is 0.251 e. The van der Waals surface area contributed by atoms with Crippen LogP contribution < -0.4 is 23.8 Å². The van der Waals surface area contributed by atoms with Crippen LogP contribution >= 0.6 is 11.3 Å². The first-order valence-corrected chi connectivity index (χ1v) is 11.2. The monoisotopic (exact) mass is 462 g/mol. The number of ether oxygens (including phenoxy) is 4. The second kappa shape index (κ2) is 10.6. The molecule has 1 aromatic heterocycles. The Morgan fingerprint density at radius 2 is 2.00 bits per heavy atom. The fraction of sp³-hybridized carbons (Fsp3) is 0.200. The molecule has 2 aromatic carbocycles. The zero-order valence-electron chi connectivity index (χ0n) is 18.0. The first-order chi connectivity index (χ1) is 16.2. The van der Waals surface area contributed by atoms with Gasteiger partial charge in [0.25, 0.3) is 5.91 Å². The average Bonchev–Trinajstić information content (AvgIpc) is 3.38. The summed E-state index contributed by atoms with van der Waals surface area (Å²) in [5.74, 6) is 2.09. The molecule has 7 nitrogen and oxygen atoms in total. The molecular weight excluding hydrogens is 440 g/mol. The molecule has 0 unspecified atom stereocenters. The van der Waals surface area contributed by atoms with Crippen LogP contribution in [-0.2, 0) is 11.3 Å². The third-order valence-electron chi connectivity index (χ3n) is 4.90. The summed E-state index contributed by atoms with van der Waals surface area (Å²) in [7, 11) is 1.53. The molecule has 8 heteroatoms. The van der Waals surface area contributed by atoms with Crippen LogP contribution in [0.15, 0.2) is 60.0 Å². The van der Waals surface area contributed by atoms with Crippen LogP contribution in [-0.4, -0.2) is 32.8 Å². The van der Waals surface area contributed by atoms with E-state index in [4.69, 9.17) is 24.2 Å². The number of benzene rings is 2. The Labute approximate surface area is 196 Å². The predicted octanol–water partition coefficient (Wildman–Crippen LogP) is 4.68. The predicted molar refractivity (Wildman–Crippen MR) is 126 cm³/mol. The highest BCUT2D eigenvalue weighted by Crippen LogP contribution is 2.35. The van der Waals surface area contributed by atoms with Gasteiger partial charge in [0, 0.05) is 22.7 Å². The van der Waals surface area contributed by atoms with Gasteiger partial charge >= 0.3 is 0 Å². The summed E-state index contributed by atoms with van der Waals surface area (Å²) in [6.45, 7) is 1.35. The smallest absolute Gasteiger partial charge is 0.251 e. The number of hydrogen-bond donors (Lipinski definition) is 0. The molecule has 4 rings (SSSR count). The molecule has 3 aromatic rings. The van der Waals surface area contributed by atoms with E-state index in [1.54, 1.807) is 40.5 Å². The van der Waals surface area contributed by atoms with Crippen molar-refractivity contribution >= 4 is 29.0 Å². The number of thiophene rings is 1. The largest absolute Gasteiger partial charge is 0.493 e. The standard InChI is InChI=1S/C25H22N2O5S/c1-29-23-15-18(4-7-21(23)30-11-10-26)5-9-25(28)27(17-20-3-2-14-33-20)19-6-8-22-24(16-19)32-13-12-31-22/h2-9,14-16H,11-13,17H2,1H3/b9-5+. The van der Waals surface area contributed by atoms with E-state index in [9.17, 15) is 4.79 Å². The van der Waals surface area contributed by atoms with Gasteiger partial charge in [-0.05, 0) is 47.4 Å². The molecule has 1 amide bonds. The van der Waals surface area contributed by atoms with Crippen LogP contribution in [0.4, 0.5) is 5.69 Å². The molecule has 33 heavy (non-hydrogen) atoms. The average molecular weight is 463 g/mol. The molecule has 1 aliphatic rings. The summed E-state index contributed by atoms with van der Waals surface area (Å²) in [6.07, 6.45) is 3.24. The van der Waals surface area contributed by atoms with Crippen LogP contribution in [0.1, 0.15) is 10.4 Å². The number of nitrogens with zero attached hydrogens (tertiary/aromatic N) is 2. The molecule has 168 valence electrons. The van der Waals surface area contributed by atoms with Crippen LogP contribution in [0.25, 0.3) is 6.08 Å². The number of anilines is 1. The van der Waals surface area contributed by atoms with Gasteiger partial charge in [0.15, 0.2) is 29.6 Å². The summed E-state index contributed by atoms with van der Waals surface area (Å²) >= 11 is 1.59. The number of carbonyl (C=O) groups is 1. The Morgan fingerprint density at radius 1 is 1.15 bits per heavy atom. The van der Waals surface area contributed by atoms with E-state index in [0.717, 1.165) is 16.1 Å². The Bertz CT molecular complexity index is 1180. The molecule has 1 aliphatic heterocycles. The number of carbonyl (C=O) groups excluding carboxylic acids is 1. The van der Waals surface area contributed by atoms with Crippen molar-refractivity contribution < 1.29 is 23.7 Å². The number of fused-ring (bicyclic) bond motifs is 1. The Morgan fingerprint density at radius 3 is 2.76 bits per heavy atom. The first-order valence-electron chi connectivity index (χ1n) is 10.3. The lowest BCUT2D eigenvalue weighted by molar-refractivity contribution is -0.114. The molecule has 0 spiro atoms. The van der Waals surface area contributed by atoms with Gasteiger partial charge in [-0.25, -0.2) is 0 Å². The highest BCUT2D eigenvalue weighted by molar-refractivity contribution is 7.09. The lowest BCUT2D eigenvalue weighted by atomic mass is 10.1. The molecule has 0 atom stereocenters. The zero-order chi connectivity index (χ0) is 23.0. The lowest BCUT2D eigenvalue weighted by Gasteiger charge is -2.24. The lowest BCUT2D eigenvalue weighted by Crippen LogP contribution is -2.28. The fourth-order valence-corrected chi connectivity index (χ4v) is 4.02. The summed E-state index contributed by atoms with van der Waals surface area (Å²) in [4.78, 5) is 16.0. The first kappa shape index (κ1) is 22.2. The Balaban J connectivity index is 1.58. The minimum Gasteiger partial charge on any atom is -0.493 e. The Hall–Kier alpha value is -3.96. The number of amides is 1. The second-order valence-corrected chi connectivity index (χ2v) is 8.05. The molecule has 0 saturated carbocycles. The van der Waals surface area contributed by atoms with Gasteiger partial charge < -0.3 is 23.8 Å². The van der Waals surface area contributed by atoms with E-state index in [1.807, 2.05) is 41.8 Å². The summed E-state index contributed by atoms with van der Waals surface area (Å²) in [6, 6.07) is 16.7. The maximum absolute atomic E-state index is 13.3. The minimum atomic E-state index is -0.177. The van der Waals surface area contributed by atoms with Gasteiger partial charge in [-0.1, -0.05) is 12.1 Å². The molecule has 0 saturated heterocycles. The van der Waals surface area contributed by atoms with Gasteiger partial charge in [0.05, 0.1) is 13.7 Å². The van der Waals surface area contributed by atoms with Crippen molar-refractivity contribution in [2.75, 3.05) is 31.8 Å². The van der Waals surface area contributed by atoms with E-state index in [0.29, 0.717) is 42.8 Å². The molecular formula is C25H22N2O5S. The molecule has 0 bridgehead atoms. The third-order valence-corrected chi connectivity index (χ3v) is 5.76. The number of rotatable bonds is 8. The number of methoxy groups -OCH3 is 1. The topological polar surface area (TPSA) is 81.0 Å². The molecule has 2 heterocycles. The SMILES string of the molecule is COc1cc(/C=C/C(=O)N(Cc2cccs2)c2ccc3c(c2)OCCO3)ccc1OCC#N. The quantitative estimate of drug-likeness (QED) is 0.452. The van der Waals surface area contributed by atoms with E-state index >= 15 is 0 Å². The van der Waals surface area contributed by atoms with Crippen molar-refractivity contribution in [1.29, 1.82) is 5.26 Å². The molecule has 0 fully saturated rings. The van der Waals surface area contributed by atoms with E-state index < -0.39 is 0 Å². The molecule has 0 N–H and O–H groups in total. The van der Waals surface area contributed by atoms with Gasteiger partial charge in [-0.3, -0.25) is 4.79 Å². The van der Waals surface area contributed by atoms with Gasteiger partial charge in [-0.15, -0.1) is 11.3 Å². The van der Waals surface area contributed by atoms with Crippen molar-refractivity contribution in [2.24, 2.45) is 0 Å². The maximum atomic E-state index is 13.3. The summed E-state index contributed by atoms with van der Waals surface area (Å²) in [5.41, 5.74) is 1.49. The van der Waals surface area contributed by atoms with Gasteiger partial charge in [0.1, 0.15) is 19.3 Å². The van der Waals surface area contributed by atoms with E-state index in [1.165, 1.54) is 13.2 Å². The van der Waals surface area contributed by atoms with Crippen molar-refractivity contribution in [1.82, 2.24) is 0 Å². The van der Waals surface area contributed by atoms with Crippen molar-refractivity contribution in [3.05, 3.63) is 70.4 Å². The summed E-state index contributed by atoms with van der Waals surface area (Å²) < 4.78 is 22.0. The Kier molecular flexibility index (Phi) is 7.12. The second-order valence-electron chi connectivity index (χ2n) is 7.02. The zero-order valence-corrected chi connectivity index (χ0v) is 18.8. The fourth-order valence-electron chi connectivity index (χ4n) is 3.33. The van der Waals surface area contributed by atoms with Crippen LogP contribution in [0.5, 0.6) is 23.0 Å². The number of hydrogen-bond acceptors (Lipinski definition) is 7. The number of nitriles is 1. The van der Waals surface area contributed by atoms with Crippen LogP contribution in [0.2, 0.25) is 0 Å². The van der Waals surface area contributed by atoms with Crippen molar-refractivity contribution in [2.45, 2.75) is 6.54 Å². The molecule has 0 radical (unpaired) electrons. The molecule has 0 aliphatic carbocycles. The van der Waals surface area contributed by atoms with Gasteiger partial charge in [-0.2, -0.15) is 5.26 Å². The van der Waals surface area contributed by atoms with Gasteiger partial charge in [0.2, 0.25) is 0 Å².